The van der Waals surface area contributed by atoms with Crippen LogP contribution in [0.15, 0.2) is 29.3 Å². The van der Waals surface area contributed by atoms with E-state index in [0.29, 0.717) is 21.6 Å². The molecule has 0 aliphatic carbocycles. The highest BCUT2D eigenvalue weighted by atomic mass is 35.5. The molecule has 0 bridgehead atoms. The molecule has 1 N–H and O–H groups in total. The first kappa shape index (κ1) is 14.1. The summed E-state index contributed by atoms with van der Waals surface area (Å²) in [6, 6.07) is 7.28. The number of nitrogens with one attached hydrogen (secondary N) is 1. The maximum absolute atomic E-state index is 12.2. The average molecular weight is 322 g/mol. The van der Waals surface area contributed by atoms with E-state index in [9.17, 15) is 4.79 Å². The van der Waals surface area contributed by atoms with Crippen LogP contribution >= 0.6 is 23.4 Å². The minimum Gasteiger partial charge on any atom is -0.300 e. The lowest BCUT2D eigenvalue weighted by Gasteiger charge is -2.06. The molecule has 21 heavy (non-hydrogen) atoms. The van der Waals surface area contributed by atoms with E-state index in [2.05, 4.69) is 20.6 Å². The molecule has 0 atom stereocenters. The van der Waals surface area contributed by atoms with Gasteiger partial charge >= 0.3 is 0 Å². The van der Waals surface area contributed by atoms with Gasteiger partial charge in [-0.1, -0.05) is 40.7 Å². The van der Waals surface area contributed by atoms with Gasteiger partial charge in [-0.2, -0.15) is 0 Å². The van der Waals surface area contributed by atoms with E-state index >= 15 is 0 Å². The van der Waals surface area contributed by atoms with Crippen molar-refractivity contribution in [3.63, 3.8) is 0 Å². The monoisotopic (exact) mass is 321 g/mol. The van der Waals surface area contributed by atoms with Crippen molar-refractivity contribution in [1.82, 2.24) is 20.3 Å². The van der Waals surface area contributed by atoms with E-state index < -0.39 is 0 Å². The number of carbonyl (C=O) groups excluding carboxylic acids is 1. The van der Waals surface area contributed by atoms with Crippen molar-refractivity contribution in [2.24, 2.45) is 4.99 Å². The number of hydrogen-bond donors (Lipinski definition) is 1. The highest BCUT2D eigenvalue weighted by molar-refractivity contribution is 8.14. The summed E-state index contributed by atoms with van der Waals surface area (Å²) >= 11 is 7.66. The fourth-order valence-corrected chi connectivity index (χ4v) is 2.90. The zero-order valence-electron chi connectivity index (χ0n) is 11.2. The second-order valence-corrected chi connectivity index (χ2v) is 5.87. The van der Waals surface area contributed by atoms with Gasteiger partial charge in [0, 0.05) is 5.75 Å². The molecule has 1 aliphatic rings. The number of rotatable bonds is 2. The second-order valence-electron chi connectivity index (χ2n) is 4.38. The van der Waals surface area contributed by atoms with Crippen molar-refractivity contribution in [2.75, 3.05) is 12.3 Å². The van der Waals surface area contributed by atoms with Crippen molar-refractivity contribution >= 4 is 34.4 Å². The first-order chi connectivity index (χ1) is 10.2. The van der Waals surface area contributed by atoms with Crippen LogP contribution in [0.3, 0.4) is 0 Å². The predicted molar refractivity (Wildman–Crippen MR) is 83.3 cm³/mol. The maximum Gasteiger partial charge on any atom is 0.279 e. The van der Waals surface area contributed by atoms with Gasteiger partial charge in [0.15, 0.2) is 10.9 Å². The fourth-order valence-electron chi connectivity index (χ4n) is 1.96. The summed E-state index contributed by atoms with van der Waals surface area (Å²) in [4.78, 5) is 16.4. The Labute approximate surface area is 130 Å². The van der Waals surface area contributed by atoms with Crippen LogP contribution < -0.4 is 5.32 Å². The molecule has 0 unspecified atom stereocenters. The molecule has 6 nitrogen and oxygen atoms in total. The van der Waals surface area contributed by atoms with Gasteiger partial charge in [0.05, 0.1) is 22.9 Å². The minimum absolute atomic E-state index is 0.269. The third kappa shape index (κ3) is 2.79. The molecule has 108 valence electrons. The Morgan fingerprint density at radius 2 is 2.24 bits per heavy atom. The van der Waals surface area contributed by atoms with E-state index in [4.69, 9.17) is 11.6 Å². The molecular weight excluding hydrogens is 310 g/mol. The van der Waals surface area contributed by atoms with Crippen molar-refractivity contribution in [3.05, 3.63) is 40.7 Å². The Bertz CT molecular complexity index is 727. The summed E-state index contributed by atoms with van der Waals surface area (Å²) in [6.45, 7) is 2.51. The third-order valence-corrected chi connectivity index (χ3v) is 4.21. The van der Waals surface area contributed by atoms with E-state index in [1.165, 1.54) is 11.8 Å². The second kappa shape index (κ2) is 5.87. The lowest BCUT2D eigenvalue weighted by Crippen LogP contribution is -2.28. The molecule has 2 aromatic rings. The summed E-state index contributed by atoms with van der Waals surface area (Å²) < 4.78 is 1.56. The number of amides is 1. The maximum atomic E-state index is 12.2. The number of aromatic nitrogens is 3. The number of halogens is 1. The molecule has 1 aromatic heterocycles. The van der Waals surface area contributed by atoms with Crippen LogP contribution in [0.1, 0.15) is 16.2 Å². The van der Waals surface area contributed by atoms with Crippen LogP contribution in [0.25, 0.3) is 5.69 Å². The minimum atomic E-state index is -0.307. The average Bonchev–Trinajstić information content (AvgIpc) is 3.09. The number of benzene rings is 1. The van der Waals surface area contributed by atoms with Crippen LogP contribution in [0, 0.1) is 6.92 Å². The number of aliphatic imine (C=N–C) groups is 1. The largest absolute Gasteiger partial charge is 0.300 e. The molecule has 1 aromatic carbocycles. The lowest BCUT2D eigenvalue weighted by molar-refractivity contribution is 0.0972. The number of carbonyl (C=O) groups is 1. The highest BCUT2D eigenvalue weighted by Crippen LogP contribution is 2.21. The van der Waals surface area contributed by atoms with E-state index in [1.54, 1.807) is 17.7 Å². The molecule has 1 amide bonds. The van der Waals surface area contributed by atoms with Crippen LogP contribution in [0.2, 0.25) is 5.02 Å². The smallest absolute Gasteiger partial charge is 0.279 e. The number of nitrogens with zero attached hydrogens (tertiary/aromatic N) is 4. The molecule has 1 aliphatic heterocycles. The van der Waals surface area contributed by atoms with Crippen LogP contribution in [0.4, 0.5) is 0 Å². The Hall–Kier alpha value is -1.86. The third-order valence-electron chi connectivity index (χ3n) is 3.00. The summed E-state index contributed by atoms with van der Waals surface area (Å²) in [5.74, 6) is 0.583. The molecule has 8 heteroatoms. The van der Waals surface area contributed by atoms with Gasteiger partial charge in [-0.15, -0.1) is 5.10 Å². The zero-order valence-corrected chi connectivity index (χ0v) is 12.8. The molecule has 0 radical (unpaired) electrons. The number of para-hydroxylation sites is 1. The Morgan fingerprint density at radius 1 is 1.43 bits per heavy atom. The summed E-state index contributed by atoms with van der Waals surface area (Å²) in [5.41, 5.74) is 1.59. The molecule has 2 heterocycles. The summed E-state index contributed by atoms with van der Waals surface area (Å²) in [6.07, 6.45) is 0. The van der Waals surface area contributed by atoms with E-state index in [1.807, 2.05) is 18.2 Å². The van der Waals surface area contributed by atoms with E-state index in [-0.39, 0.29) is 11.6 Å². The SMILES string of the molecule is Cc1c(C(=O)NC2=NCCS2)nnn1-c1ccccc1Cl. The van der Waals surface area contributed by atoms with Gasteiger partial charge in [-0.05, 0) is 19.1 Å². The molecular formula is C13H12ClN5OS. The van der Waals surface area contributed by atoms with E-state index in [0.717, 1.165) is 12.3 Å². The zero-order chi connectivity index (χ0) is 14.8. The normalized spacial score (nSPS) is 14.1. The van der Waals surface area contributed by atoms with Crippen molar-refractivity contribution in [3.8, 4) is 5.69 Å². The number of thioether (sulfide) groups is 1. The number of hydrogen-bond acceptors (Lipinski definition) is 5. The standard InChI is InChI=1S/C13H12ClN5OS/c1-8-11(12(20)16-13-15-6-7-21-13)17-18-19(8)10-5-3-2-4-9(10)14/h2-5H,6-7H2,1H3,(H,15,16,20). The van der Waals surface area contributed by atoms with Crippen LogP contribution in [0.5, 0.6) is 0 Å². The molecule has 0 saturated carbocycles. The van der Waals surface area contributed by atoms with Crippen LogP contribution in [-0.2, 0) is 0 Å². The van der Waals surface area contributed by atoms with Gasteiger partial charge in [0.1, 0.15) is 0 Å². The van der Waals surface area contributed by atoms with Gasteiger partial charge in [0.2, 0.25) is 0 Å². The lowest BCUT2D eigenvalue weighted by atomic mass is 10.3. The van der Waals surface area contributed by atoms with Gasteiger partial charge in [-0.25, -0.2) is 4.68 Å². The first-order valence-electron chi connectivity index (χ1n) is 6.32. The highest BCUT2D eigenvalue weighted by Gasteiger charge is 2.20. The molecule has 0 spiro atoms. The van der Waals surface area contributed by atoms with Crippen molar-refractivity contribution in [1.29, 1.82) is 0 Å². The Balaban J connectivity index is 1.89. The van der Waals surface area contributed by atoms with Crippen molar-refractivity contribution < 1.29 is 4.79 Å². The fraction of sp³-hybridized carbons (Fsp3) is 0.231. The first-order valence-corrected chi connectivity index (χ1v) is 7.69. The predicted octanol–water partition coefficient (Wildman–Crippen LogP) is 2.06. The Kier molecular flexibility index (Phi) is 3.94. The quantitative estimate of drug-likeness (QED) is 0.919. The van der Waals surface area contributed by atoms with Crippen LogP contribution in [-0.4, -0.2) is 38.4 Å². The number of amidine groups is 1. The Morgan fingerprint density at radius 3 is 2.95 bits per heavy atom. The summed E-state index contributed by atoms with van der Waals surface area (Å²) in [5, 5.41) is 11.9. The molecule has 0 fully saturated rings. The summed E-state index contributed by atoms with van der Waals surface area (Å²) in [7, 11) is 0. The topological polar surface area (TPSA) is 72.2 Å². The molecule has 0 saturated heterocycles. The van der Waals surface area contributed by atoms with Gasteiger partial charge in [0.25, 0.3) is 5.91 Å². The molecule has 3 rings (SSSR count). The van der Waals surface area contributed by atoms with Gasteiger partial charge < -0.3 is 0 Å². The van der Waals surface area contributed by atoms with Gasteiger partial charge in [-0.3, -0.25) is 15.1 Å². The van der Waals surface area contributed by atoms with Crippen molar-refractivity contribution in [2.45, 2.75) is 6.92 Å².